The van der Waals surface area contributed by atoms with Crippen LogP contribution in [0.2, 0.25) is 70.3 Å². The predicted octanol–water partition coefficient (Wildman–Crippen LogP) is 32.6. The van der Waals surface area contributed by atoms with E-state index in [1.807, 2.05) is 170 Å². The third-order valence-corrected chi connectivity index (χ3v) is 25.7. The van der Waals surface area contributed by atoms with Gasteiger partial charge in [0.1, 0.15) is 6.17 Å². The van der Waals surface area contributed by atoms with Gasteiger partial charge in [0.05, 0.1) is 115 Å². The fourth-order valence-corrected chi connectivity index (χ4v) is 17.3. The van der Waals surface area contributed by atoms with Gasteiger partial charge in [-0.1, -0.05) is 303 Å². The van der Waals surface area contributed by atoms with Crippen molar-refractivity contribution < 1.29 is 29.4 Å². The number of hydrogen-bond donors (Lipinski definition) is 4. The maximum Gasteiger partial charge on any atom is 0.197 e. The van der Waals surface area contributed by atoms with E-state index in [9.17, 15) is 29.4 Å². The average molecular weight is 2160 g/mol. The van der Waals surface area contributed by atoms with Crippen LogP contribution in [0.4, 0.5) is 0 Å². The molecule has 1 aliphatic rings. The standard InChI is InChI=1S/C17H12BrCl2NO.C17H10BrCl2NO.C17H9Cl4N3O.C17H9Cl4NO.C17H14ClNO.C17H12ClNO/c2*18-9-17(22)14-8-15(10-1-3-11(19)4-2-10)21-16-7-12(20)5-6-13(14)16;18-8-4-9-10(16(25)17-23-24-17)6-14(22-15(9)13(21)5-8)7-1-2-11(19)12(20)3-7;1-8(23)11-7-16(9-2-3-13(19)14(20)4-9)22-17-12(11)5-10(18)6-15(17)21;2*1-11(20)15-10-17(12-6-8-13(18)9-7-12)19-16-5-3-2-4-14(15)16/h1-8,17,22H,9H2;1-8H,9H2;1-6,17,23-24H;2-7H,1H3;2-11,20H,1H3;2-10H,1H3. The molecule has 30 heteroatoms. The van der Waals surface area contributed by atoms with Crippen LogP contribution in [0, 0.1) is 0 Å². The number of carbonyl (C=O) groups is 4. The summed E-state index contributed by atoms with van der Waals surface area (Å²) in [5.41, 5.74) is 23.3. The van der Waals surface area contributed by atoms with Gasteiger partial charge in [0.2, 0.25) is 0 Å². The number of hydrazine groups is 1. The molecule has 0 amide bonds. The van der Waals surface area contributed by atoms with Crippen LogP contribution < -0.4 is 10.9 Å². The highest BCUT2D eigenvalue weighted by atomic mass is 79.9. The lowest BCUT2D eigenvalue weighted by atomic mass is 10.0. The molecule has 0 bridgehead atoms. The first-order valence-corrected chi connectivity index (χ1v) is 47.4. The molecule has 0 saturated carbocycles. The van der Waals surface area contributed by atoms with Gasteiger partial charge in [0.25, 0.3) is 0 Å². The average Bonchev–Trinajstić information content (AvgIpc) is 1.29. The van der Waals surface area contributed by atoms with Crippen LogP contribution in [0.5, 0.6) is 0 Å². The van der Waals surface area contributed by atoms with E-state index in [4.69, 9.17) is 162 Å². The summed E-state index contributed by atoms with van der Waals surface area (Å²) in [5, 5.41) is 33.1. The molecule has 132 heavy (non-hydrogen) atoms. The number of para-hydroxylation sites is 2. The molecule has 6 aromatic heterocycles. The zero-order chi connectivity index (χ0) is 94.0. The number of pyridine rings is 6. The van der Waals surface area contributed by atoms with E-state index in [1.54, 1.807) is 123 Å². The predicted molar refractivity (Wildman–Crippen MR) is 555 cm³/mol. The number of carbonyl (C=O) groups excluding carboxylic acids is 4. The fourth-order valence-electron chi connectivity index (χ4n) is 14.1. The van der Waals surface area contributed by atoms with Crippen LogP contribution in [0.1, 0.15) is 85.5 Å². The number of nitrogens with one attached hydrogen (secondary N) is 2. The highest BCUT2D eigenvalue weighted by molar-refractivity contribution is 9.09. The summed E-state index contributed by atoms with van der Waals surface area (Å²) in [5.74, 6) is -0.173. The lowest BCUT2D eigenvalue weighted by Gasteiger charge is -2.14. The summed E-state index contributed by atoms with van der Waals surface area (Å²) in [4.78, 5) is 76.5. The highest BCUT2D eigenvalue weighted by Crippen LogP contribution is 2.40. The number of Topliss-reactive ketones (excluding diaryl/α,β-unsaturated/α-hetero) is 4. The summed E-state index contributed by atoms with van der Waals surface area (Å²) >= 11 is 91.2. The molecule has 662 valence electrons. The van der Waals surface area contributed by atoms with Gasteiger partial charge in [-0.25, -0.2) is 40.8 Å². The molecular weight excluding hydrogens is 2090 g/mol. The van der Waals surface area contributed by atoms with Gasteiger partial charge in [0.15, 0.2) is 23.1 Å². The van der Waals surface area contributed by atoms with E-state index in [1.165, 1.54) is 6.92 Å². The number of ketones is 4. The van der Waals surface area contributed by atoms with Crippen molar-refractivity contribution in [2.24, 2.45) is 0 Å². The molecule has 19 rings (SSSR count). The third-order valence-electron chi connectivity index (χ3n) is 20.6. The Bertz CT molecular complexity index is 7500. The van der Waals surface area contributed by atoms with Gasteiger partial charge in [-0.3, -0.25) is 19.2 Å². The first-order chi connectivity index (χ1) is 63.3. The Morgan fingerprint density at radius 2 is 0.644 bits per heavy atom. The van der Waals surface area contributed by atoms with Crippen molar-refractivity contribution in [2.75, 3.05) is 10.7 Å². The zero-order valence-electron chi connectivity index (χ0n) is 69.0. The van der Waals surface area contributed by atoms with Crippen LogP contribution in [0.3, 0.4) is 0 Å². The minimum absolute atomic E-state index is 0.00457. The van der Waals surface area contributed by atoms with Crippen molar-refractivity contribution in [3.63, 3.8) is 0 Å². The van der Waals surface area contributed by atoms with Crippen LogP contribution in [0.25, 0.3) is 133 Å². The number of alkyl halides is 2. The molecule has 14 nitrogen and oxygen atoms in total. The smallest absolute Gasteiger partial charge is 0.197 e. The van der Waals surface area contributed by atoms with Crippen molar-refractivity contribution in [2.45, 2.75) is 39.1 Å². The number of benzene rings is 12. The number of aliphatic hydroxyl groups excluding tert-OH is 2. The largest absolute Gasteiger partial charge is 0.389 e. The van der Waals surface area contributed by atoms with Crippen LogP contribution >= 0.6 is 194 Å². The molecule has 18 aromatic rings. The summed E-state index contributed by atoms with van der Waals surface area (Å²) < 4.78 is 0. The Hall–Kier alpha value is -9.36. The van der Waals surface area contributed by atoms with Gasteiger partial charge in [-0.2, -0.15) is 0 Å². The van der Waals surface area contributed by atoms with Gasteiger partial charge >= 0.3 is 0 Å². The Labute approximate surface area is 844 Å². The molecule has 0 aliphatic carbocycles. The fraction of sp³-hybridized carbons (Fsp3) is 0.0784. The molecule has 4 N–H and O–H groups in total. The van der Waals surface area contributed by atoms with E-state index in [0.717, 1.165) is 105 Å². The number of rotatable bonds is 15. The molecular formula is C102H66Br2Cl14N8O6. The first kappa shape index (κ1) is 98.6. The van der Waals surface area contributed by atoms with E-state index in [-0.39, 0.29) is 28.5 Å². The second-order valence-corrected chi connectivity index (χ2v) is 36.9. The molecule has 1 saturated heterocycles. The minimum Gasteiger partial charge on any atom is -0.389 e. The van der Waals surface area contributed by atoms with Crippen molar-refractivity contribution >= 4 is 283 Å². The zero-order valence-corrected chi connectivity index (χ0v) is 82.7. The lowest BCUT2D eigenvalue weighted by molar-refractivity contribution is 0.0985. The topological polar surface area (TPSA) is 230 Å². The minimum atomic E-state index is -0.613. The van der Waals surface area contributed by atoms with Crippen LogP contribution in [0.15, 0.2) is 279 Å². The van der Waals surface area contributed by atoms with Crippen molar-refractivity contribution in [1.29, 1.82) is 0 Å². The van der Waals surface area contributed by atoms with Crippen molar-refractivity contribution in [1.82, 2.24) is 40.8 Å². The van der Waals surface area contributed by atoms with Gasteiger partial charge in [0, 0.05) is 133 Å². The number of halogens is 16. The quantitative estimate of drug-likeness (QED) is 0.0425. The normalized spacial score (nSPS) is 12.0. The summed E-state index contributed by atoms with van der Waals surface area (Å²) in [6.07, 6.45) is -1.57. The summed E-state index contributed by atoms with van der Waals surface area (Å²) in [6.45, 7) is 4.84. The Morgan fingerprint density at radius 3 is 1.06 bits per heavy atom. The Balaban J connectivity index is 0.000000128. The molecule has 12 aromatic carbocycles. The first-order valence-electron chi connectivity index (χ1n) is 39.9. The second-order valence-electron chi connectivity index (χ2n) is 29.7. The molecule has 1 fully saturated rings. The summed E-state index contributed by atoms with van der Waals surface area (Å²) in [7, 11) is 0. The van der Waals surface area contributed by atoms with E-state index in [2.05, 4.69) is 72.6 Å². The highest BCUT2D eigenvalue weighted by Gasteiger charge is 2.32. The molecule has 1 aliphatic heterocycles. The molecule has 2 atom stereocenters. The van der Waals surface area contributed by atoms with E-state index < -0.39 is 18.4 Å². The van der Waals surface area contributed by atoms with Crippen molar-refractivity contribution in [3.05, 3.63) is 383 Å². The molecule has 7 heterocycles. The SMILES string of the molecule is CC(=O)c1cc(-c2ccc(Cl)c(Cl)c2)nc2c(Cl)cc(Cl)cc12.CC(=O)c1cc(-c2ccc(Cl)cc2)nc2ccccc12.CC(O)c1cc(-c2ccc(Cl)cc2)nc2ccccc12.O=C(CBr)c1cc(-c2ccc(Cl)cc2)nc2cc(Cl)ccc12.O=C(c1cc(-c2ccc(Cl)c(Cl)c2)nc2c(Cl)cc(Cl)cc12)C1NN1.OC(CBr)c1cc(-c2ccc(Cl)cc2)nc2cc(Cl)ccc12. The molecule has 0 radical (unpaired) electrons. The number of aromatic nitrogens is 6. The molecule has 0 spiro atoms. The number of aliphatic hydroxyl groups is 2. The third kappa shape index (κ3) is 24.1. The monoisotopic (exact) mass is 2150 g/mol. The Kier molecular flexibility index (Phi) is 33.2. The van der Waals surface area contributed by atoms with Crippen LogP contribution in [-0.4, -0.2) is 80.1 Å². The van der Waals surface area contributed by atoms with Gasteiger partial charge in [-0.05, 0) is 202 Å². The maximum atomic E-state index is 12.7. The van der Waals surface area contributed by atoms with Crippen LogP contribution in [-0.2, 0) is 0 Å². The number of nitrogens with zero attached hydrogens (tertiary/aromatic N) is 6. The maximum absolute atomic E-state index is 12.7. The van der Waals surface area contributed by atoms with E-state index in [0.29, 0.717) is 137 Å². The number of hydrogen-bond acceptors (Lipinski definition) is 14. The summed E-state index contributed by atoms with van der Waals surface area (Å²) in [6, 6.07) is 84.0. The van der Waals surface area contributed by atoms with Gasteiger partial charge < -0.3 is 10.2 Å². The van der Waals surface area contributed by atoms with Crippen molar-refractivity contribution in [3.8, 4) is 67.5 Å². The Morgan fingerprint density at radius 1 is 0.311 bits per heavy atom. The second kappa shape index (κ2) is 44.4. The lowest BCUT2D eigenvalue weighted by Crippen LogP contribution is -2.12. The van der Waals surface area contributed by atoms with Gasteiger partial charge in [-0.15, -0.1) is 0 Å². The number of fused-ring (bicyclic) bond motifs is 6. The van der Waals surface area contributed by atoms with E-state index >= 15 is 0 Å². The molecule has 2 unspecified atom stereocenters.